The summed E-state index contributed by atoms with van der Waals surface area (Å²) < 4.78 is 34.4. The Morgan fingerprint density at radius 3 is 1.06 bits per heavy atom. The van der Waals surface area contributed by atoms with Crippen LogP contribution < -0.4 is 18.9 Å². The minimum atomic E-state index is -0.543. The maximum atomic E-state index is 12.8. The first-order chi connectivity index (χ1) is 30.2. The lowest BCUT2D eigenvalue weighted by Crippen LogP contribution is -2.11. The molecule has 0 unspecified atom stereocenters. The van der Waals surface area contributed by atoms with Gasteiger partial charge >= 0.3 is 23.9 Å². The second kappa shape index (κ2) is 28.8. The van der Waals surface area contributed by atoms with Gasteiger partial charge in [-0.15, -0.1) is 0 Å². The van der Waals surface area contributed by atoms with Gasteiger partial charge in [-0.3, -0.25) is 0 Å². The van der Waals surface area contributed by atoms with E-state index in [2.05, 4.69) is 45.7 Å². The highest BCUT2D eigenvalue weighted by molar-refractivity contribution is 9.11. The van der Waals surface area contributed by atoms with Crippen LogP contribution in [0.25, 0.3) is 0 Å². The van der Waals surface area contributed by atoms with Crippen molar-refractivity contribution in [2.75, 3.05) is 26.4 Å². The smallest absolute Gasteiger partial charge is 0.343 e. The van der Waals surface area contributed by atoms with Crippen molar-refractivity contribution in [1.82, 2.24) is 0 Å². The van der Waals surface area contributed by atoms with E-state index in [9.17, 15) is 19.2 Å². The van der Waals surface area contributed by atoms with Gasteiger partial charge in [0.25, 0.3) is 0 Å². The zero-order chi connectivity index (χ0) is 44.4. The Labute approximate surface area is 383 Å². The zero-order valence-corrected chi connectivity index (χ0v) is 39.2. The van der Waals surface area contributed by atoms with Gasteiger partial charge in [-0.2, -0.15) is 0 Å². The lowest BCUT2D eigenvalue weighted by Gasteiger charge is -2.10. The van der Waals surface area contributed by atoms with Gasteiger partial charge in [0, 0.05) is 0 Å². The molecule has 10 nitrogen and oxygen atoms in total. The highest BCUT2D eigenvalue weighted by Crippen LogP contribution is 2.29. The molecule has 0 saturated heterocycles. The SMILES string of the molecule is CCCCCCCCCOc1ccc(C(=O)Oc2ccc(C(=O)OCCCCOC(=O)c3ccc(OC(=O)c4ccc(OCCCCCCCCC)cc4)c(Br)c3)cc2Br)cc1. The summed E-state index contributed by atoms with van der Waals surface area (Å²) in [7, 11) is 0. The number of halogens is 2. The number of hydrogen-bond donors (Lipinski definition) is 0. The fourth-order valence-electron chi connectivity index (χ4n) is 6.31. The van der Waals surface area contributed by atoms with Crippen LogP contribution >= 0.6 is 31.9 Å². The minimum absolute atomic E-state index is 0.115. The van der Waals surface area contributed by atoms with E-state index in [0.717, 1.165) is 25.7 Å². The Bertz CT molecular complexity index is 1840. The average molecular weight is 981 g/mol. The molecule has 0 aliphatic carbocycles. The Kier molecular flexibility index (Phi) is 23.2. The summed E-state index contributed by atoms with van der Waals surface area (Å²) in [6.07, 6.45) is 17.9. The molecule has 0 radical (unpaired) electrons. The molecule has 12 heteroatoms. The van der Waals surface area contributed by atoms with Gasteiger partial charge in [0.05, 0.1) is 57.6 Å². The van der Waals surface area contributed by atoms with Crippen LogP contribution in [0.2, 0.25) is 0 Å². The summed E-state index contributed by atoms with van der Waals surface area (Å²) in [4.78, 5) is 51.0. The molecule has 4 aromatic carbocycles. The lowest BCUT2D eigenvalue weighted by molar-refractivity contribution is 0.0432. The van der Waals surface area contributed by atoms with E-state index in [1.807, 2.05) is 0 Å². The van der Waals surface area contributed by atoms with Crippen molar-refractivity contribution >= 4 is 55.7 Å². The number of carbonyl (C=O) groups excluding carboxylic acids is 4. The van der Waals surface area contributed by atoms with Crippen molar-refractivity contribution in [2.24, 2.45) is 0 Å². The first-order valence-corrected chi connectivity index (χ1v) is 23.6. The molecule has 0 bridgehead atoms. The van der Waals surface area contributed by atoms with Crippen molar-refractivity contribution in [3.8, 4) is 23.0 Å². The molecular weight excluding hydrogens is 920 g/mol. The summed E-state index contributed by atoms with van der Waals surface area (Å²) in [5.41, 5.74) is 1.30. The van der Waals surface area contributed by atoms with Gasteiger partial charge in [0.15, 0.2) is 0 Å². The molecular formula is C50H60Br2O10. The third-order valence-corrected chi connectivity index (χ3v) is 11.2. The van der Waals surface area contributed by atoms with Crippen LogP contribution in [0.5, 0.6) is 23.0 Å². The molecule has 62 heavy (non-hydrogen) atoms. The van der Waals surface area contributed by atoms with Gasteiger partial charge in [-0.1, -0.05) is 90.9 Å². The topological polar surface area (TPSA) is 124 Å². The van der Waals surface area contributed by atoms with Crippen LogP contribution in [-0.2, 0) is 9.47 Å². The molecule has 0 aliphatic heterocycles. The normalized spacial score (nSPS) is 10.8. The van der Waals surface area contributed by atoms with Crippen LogP contribution in [0.4, 0.5) is 0 Å². The van der Waals surface area contributed by atoms with E-state index in [-0.39, 0.29) is 35.8 Å². The van der Waals surface area contributed by atoms with E-state index in [1.165, 1.54) is 101 Å². The van der Waals surface area contributed by atoms with Crippen LogP contribution in [0.3, 0.4) is 0 Å². The van der Waals surface area contributed by atoms with E-state index < -0.39 is 23.9 Å². The van der Waals surface area contributed by atoms with Crippen LogP contribution in [0.15, 0.2) is 93.9 Å². The number of carbonyl (C=O) groups is 4. The van der Waals surface area contributed by atoms with Crippen LogP contribution in [0.1, 0.15) is 158 Å². The van der Waals surface area contributed by atoms with E-state index in [0.29, 0.717) is 57.6 Å². The Hall–Kier alpha value is -4.68. The minimum Gasteiger partial charge on any atom is -0.494 e. The van der Waals surface area contributed by atoms with Gasteiger partial charge in [0.1, 0.15) is 23.0 Å². The monoisotopic (exact) mass is 978 g/mol. The summed E-state index contributed by atoms with van der Waals surface area (Å²) in [6.45, 7) is 5.94. The predicted octanol–water partition coefficient (Wildman–Crippen LogP) is 13.7. The fourth-order valence-corrected chi connectivity index (χ4v) is 7.23. The second-order valence-corrected chi connectivity index (χ2v) is 16.7. The molecule has 0 heterocycles. The Morgan fingerprint density at radius 2 is 0.710 bits per heavy atom. The number of benzene rings is 4. The molecule has 4 aromatic rings. The van der Waals surface area contributed by atoms with Crippen molar-refractivity contribution < 1.29 is 47.6 Å². The van der Waals surface area contributed by atoms with Gasteiger partial charge in [-0.05, 0) is 142 Å². The molecule has 0 atom stereocenters. The number of esters is 4. The molecule has 0 fully saturated rings. The van der Waals surface area contributed by atoms with Crippen molar-refractivity contribution in [3.05, 3.63) is 116 Å². The largest absolute Gasteiger partial charge is 0.494 e. The third-order valence-electron chi connectivity index (χ3n) is 9.96. The highest BCUT2D eigenvalue weighted by Gasteiger charge is 2.17. The molecule has 0 spiro atoms. The zero-order valence-electron chi connectivity index (χ0n) is 36.1. The van der Waals surface area contributed by atoms with Crippen molar-refractivity contribution in [2.45, 2.75) is 117 Å². The lowest BCUT2D eigenvalue weighted by atomic mass is 10.1. The quantitative estimate of drug-likeness (QED) is 0.0295. The van der Waals surface area contributed by atoms with Gasteiger partial charge in [-0.25, -0.2) is 19.2 Å². The average Bonchev–Trinajstić information content (AvgIpc) is 3.28. The summed E-state index contributed by atoms with van der Waals surface area (Å²) in [5, 5.41) is 0. The van der Waals surface area contributed by atoms with Crippen molar-refractivity contribution in [1.29, 1.82) is 0 Å². The molecule has 0 aromatic heterocycles. The number of ether oxygens (including phenoxy) is 6. The maximum absolute atomic E-state index is 12.8. The fraction of sp³-hybridized carbons (Fsp3) is 0.440. The van der Waals surface area contributed by atoms with Crippen molar-refractivity contribution in [3.63, 3.8) is 0 Å². The summed E-state index contributed by atoms with van der Waals surface area (Å²) in [6, 6.07) is 22.8. The van der Waals surface area contributed by atoms with E-state index >= 15 is 0 Å². The summed E-state index contributed by atoms with van der Waals surface area (Å²) >= 11 is 6.77. The summed E-state index contributed by atoms with van der Waals surface area (Å²) in [5.74, 6) is -0.240. The second-order valence-electron chi connectivity index (χ2n) is 15.0. The molecule has 0 amide bonds. The van der Waals surface area contributed by atoms with Crippen LogP contribution in [-0.4, -0.2) is 50.3 Å². The Morgan fingerprint density at radius 1 is 0.387 bits per heavy atom. The molecule has 0 N–H and O–H groups in total. The highest BCUT2D eigenvalue weighted by atomic mass is 79.9. The number of hydrogen-bond acceptors (Lipinski definition) is 10. The molecule has 0 aliphatic rings. The Balaban J connectivity index is 1.09. The number of unbranched alkanes of at least 4 members (excludes halogenated alkanes) is 13. The standard InChI is InChI=1S/C50H60Br2O10/c1-3-5-7-9-11-13-15-31-57-41-25-19-37(20-26-41)49(55)61-45-29-23-39(35-43(45)51)47(53)59-33-17-18-34-60-48(54)40-24-30-46(44(52)36-40)62-50(56)38-21-27-42(28-22-38)58-32-16-14-12-10-8-6-4-2/h19-30,35-36H,3-18,31-34H2,1-2H3. The van der Waals surface area contributed by atoms with E-state index in [1.54, 1.807) is 48.5 Å². The predicted molar refractivity (Wildman–Crippen MR) is 248 cm³/mol. The maximum Gasteiger partial charge on any atom is 0.343 e. The van der Waals surface area contributed by atoms with Crippen LogP contribution in [0, 0.1) is 0 Å². The molecule has 0 saturated carbocycles. The van der Waals surface area contributed by atoms with Gasteiger partial charge in [0.2, 0.25) is 0 Å². The van der Waals surface area contributed by atoms with E-state index in [4.69, 9.17) is 28.4 Å². The van der Waals surface area contributed by atoms with Gasteiger partial charge < -0.3 is 28.4 Å². The third kappa shape index (κ3) is 18.3. The molecule has 334 valence electrons. The first-order valence-electron chi connectivity index (χ1n) is 22.0. The first kappa shape index (κ1) is 50.0. The number of rotatable bonds is 29. The molecule has 4 rings (SSSR count).